The minimum atomic E-state index is -1.02. The average molecular weight is 328 g/mol. The number of Topliss-reactive ketones (excluding diaryl/α,β-unsaturated/α-hetero) is 1. The molecule has 1 saturated heterocycles. The predicted molar refractivity (Wildman–Crippen MR) is 85.4 cm³/mol. The van der Waals surface area contributed by atoms with Gasteiger partial charge in [-0.3, -0.25) is 4.79 Å². The zero-order valence-electron chi connectivity index (χ0n) is 14.2. The van der Waals surface area contributed by atoms with E-state index in [4.69, 9.17) is 13.9 Å². The second kappa shape index (κ2) is 4.48. The first kappa shape index (κ1) is 15.4. The van der Waals surface area contributed by atoms with E-state index in [1.54, 1.807) is 6.92 Å². The Labute approximate surface area is 140 Å². The van der Waals surface area contributed by atoms with E-state index in [1.807, 2.05) is 32.9 Å². The van der Waals surface area contributed by atoms with Crippen molar-refractivity contribution in [1.29, 1.82) is 0 Å². The maximum Gasteiger partial charge on any atom is 0.333 e. The Morgan fingerprint density at radius 2 is 2.08 bits per heavy atom. The summed E-state index contributed by atoms with van der Waals surface area (Å²) in [5.74, 6) is -0.395. The molecule has 1 aromatic heterocycles. The standard InChI is InChI=1S/C19H20O5/c1-9(2)17(21)23-16-13-10(3)8-22-14(13)15(20)19-12(24-19)7-6-11(4)18(16,19)5/h6-8,11-12,16H,1H2,2-5H3. The van der Waals surface area contributed by atoms with E-state index in [0.717, 1.165) is 5.56 Å². The summed E-state index contributed by atoms with van der Waals surface area (Å²) in [5.41, 5.74) is 0.0564. The smallest absolute Gasteiger partial charge is 0.333 e. The van der Waals surface area contributed by atoms with Crippen LogP contribution in [0.4, 0.5) is 0 Å². The Hall–Kier alpha value is -2.14. The van der Waals surface area contributed by atoms with Crippen LogP contribution in [0.15, 0.2) is 35.0 Å². The lowest BCUT2D eigenvalue weighted by atomic mass is 9.55. The quantitative estimate of drug-likeness (QED) is 0.361. The fourth-order valence-corrected chi connectivity index (χ4v) is 4.25. The number of hydrogen-bond donors (Lipinski definition) is 0. The summed E-state index contributed by atoms with van der Waals surface area (Å²) in [6.45, 7) is 11.1. The molecule has 2 heterocycles. The zero-order chi connectivity index (χ0) is 17.4. The number of esters is 1. The minimum Gasteiger partial charge on any atom is -0.460 e. The second-order valence-electron chi connectivity index (χ2n) is 7.29. The molecule has 1 spiro atoms. The summed E-state index contributed by atoms with van der Waals surface area (Å²) < 4.78 is 17.2. The lowest BCUT2D eigenvalue weighted by Gasteiger charge is -2.48. The van der Waals surface area contributed by atoms with E-state index in [1.165, 1.54) is 6.26 Å². The van der Waals surface area contributed by atoms with Gasteiger partial charge in [-0.25, -0.2) is 4.79 Å². The van der Waals surface area contributed by atoms with Crippen LogP contribution in [0.2, 0.25) is 0 Å². The monoisotopic (exact) mass is 328 g/mol. The molecule has 1 aromatic rings. The summed E-state index contributed by atoms with van der Waals surface area (Å²) in [7, 11) is 0. The summed E-state index contributed by atoms with van der Waals surface area (Å²) in [4.78, 5) is 25.4. The minimum absolute atomic E-state index is 0.00873. The van der Waals surface area contributed by atoms with Crippen LogP contribution >= 0.6 is 0 Å². The first-order valence-electron chi connectivity index (χ1n) is 8.10. The summed E-state index contributed by atoms with van der Waals surface area (Å²) >= 11 is 0. The van der Waals surface area contributed by atoms with E-state index in [-0.39, 0.29) is 23.6 Å². The van der Waals surface area contributed by atoms with Crippen LogP contribution in [0.1, 0.15) is 48.6 Å². The molecule has 0 amide bonds. The van der Waals surface area contributed by atoms with Gasteiger partial charge in [0.25, 0.3) is 0 Å². The van der Waals surface area contributed by atoms with Gasteiger partial charge in [0, 0.05) is 11.1 Å². The van der Waals surface area contributed by atoms with Gasteiger partial charge in [-0.15, -0.1) is 0 Å². The third-order valence-electron chi connectivity index (χ3n) is 5.92. The van der Waals surface area contributed by atoms with Crippen LogP contribution < -0.4 is 0 Å². The van der Waals surface area contributed by atoms with Crippen LogP contribution in [0, 0.1) is 18.3 Å². The van der Waals surface area contributed by atoms with E-state index >= 15 is 0 Å². The number of allylic oxidation sites excluding steroid dienone is 1. The molecule has 5 atom stereocenters. The second-order valence-corrected chi connectivity index (χ2v) is 7.29. The zero-order valence-corrected chi connectivity index (χ0v) is 14.2. The topological polar surface area (TPSA) is 69.0 Å². The number of ketones is 1. The van der Waals surface area contributed by atoms with Crippen LogP contribution in [0.3, 0.4) is 0 Å². The van der Waals surface area contributed by atoms with Crippen LogP contribution in [0.5, 0.6) is 0 Å². The van der Waals surface area contributed by atoms with E-state index in [2.05, 4.69) is 6.58 Å². The molecule has 24 heavy (non-hydrogen) atoms. The molecular weight excluding hydrogens is 308 g/mol. The van der Waals surface area contributed by atoms with Crippen molar-refractivity contribution in [2.45, 2.75) is 45.5 Å². The van der Waals surface area contributed by atoms with Gasteiger partial charge in [0.15, 0.2) is 11.4 Å². The molecule has 126 valence electrons. The highest BCUT2D eigenvalue weighted by molar-refractivity contribution is 6.07. The molecule has 5 heteroatoms. The molecule has 1 aliphatic heterocycles. The third-order valence-corrected chi connectivity index (χ3v) is 5.92. The Balaban J connectivity index is 1.94. The number of ether oxygens (including phenoxy) is 2. The Bertz CT molecular complexity index is 816. The number of furan rings is 1. The van der Waals surface area contributed by atoms with Crippen molar-refractivity contribution in [3.8, 4) is 0 Å². The Morgan fingerprint density at radius 1 is 1.38 bits per heavy atom. The van der Waals surface area contributed by atoms with Crippen molar-refractivity contribution in [2.75, 3.05) is 0 Å². The molecule has 3 aliphatic rings. The molecule has 5 unspecified atom stereocenters. The van der Waals surface area contributed by atoms with Crippen molar-refractivity contribution in [3.05, 3.63) is 47.5 Å². The normalized spacial score (nSPS) is 38.8. The van der Waals surface area contributed by atoms with E-state index in [9.17, 15) is 9.59 Å². The molecule has 0 N–H and O–H groups in total. The number of epoxide rings is 1. The van der Waals surface area contributed by atoms with E-state index in [0.29, 0.717) is 11.1 Å². The molecule has 0 bridgehead atoms. The van der Waals surface area contributed by atoms with Crippen LogP contribution in [-0.4, -0.2) is 23.5 Å². The van der Waals surface area contributed by atoms with Crippen LogP contribution in [-0.2, 0) is 14.3 Å². The highest BCUT2D eigenvalue weighted by Crippen LogP contribution is 2.68. The Morgan fingerprint density at radius 3 is 2.75 bits per heavy atom. The molecule has 5 nitrogen and oxygen atoms in total. The fraction of sp³-hybridized carbons (Fsp3) is 0.474. The maximum absolute atomic E-state index is 13.1. The molecule has 0 aromatic carbocycles. The van der Waals surface area contributed by atoms with Gasteiger partial charge in [0.05, 0.1) is 11.7 Å². The fourth-order valence-electron chi connectivity index (χ4n) is 4.25. The number of rotatable bonds is 2. The number of carbonyl (C=O) groups is 2. The Kier molecular flexibility index (Phi) is 2.87. The predicted octanol–water partition coefficient (Wildman–Crippen LogP) is 3.29. The van der Waals surface area contributed by atoms with Crippen molar-refractivity contribution in [3.63, 3.8) is 0 Å². The van der Waals surface area contributed by atoms with Gasteiger partial charge in [0.1, 0.15) is 12.2 Å². The molecule has 1 fully saturated rings. The number of hydrogen-bond acceptors (Lipinski definition) is 5. The first-order chi connectivity index (χ1) is 11.2. The van der Waals surface area contributed by atoms with Crippen molar-refractivity contribution in [1.82, 2.24) is 0 Å². The summed E-state index contributed by atoms with van der Waals surface area (Å²) in [5, 5.41) is 0. The molecular formula is C19H20O5. The van der Waals surface area contributed by atoms with Gasteiger partial charge in [-0.2, -0.15) is 0 Å². The maximum atomic E-state index is 13.1. The van der Waals surface area contributed by atoms with Gasteiger partial charge in [-0.1, -0.05) is 32.6 Å². The van der Waals surface area contributed by atoms with Crippen molar-refractivity contribution >= 4 is 11.8 Å². The number of fused-ring (bicyclic) bond motifs is 1. The highest BCUT2D eigenvalue weighted by Gasteiger charge is 2.79. The average Bonchev–Trinajstić information content (AvgIpc) is 3.17. The largest absolute Gasteiger partial charge is 0.460 e. The van der Waals surface area contributed by atoms with Crippen LogP contribution in [0.25, 0.3) is 0 Å². The molecule has 4 rings (SSSR count). The molecule has 2 aliphatic carbocycles. The van der Waals surface area contributed by atoms with Gasteiger partial charge in [-0.05, 0) is 25.3 Å². The van der Waals surface area contributed by atoms with Gasteiger partial charge in [0.2, 0.25) is 5.78 Å². The van der Waals surface area contributed by atoms with Crippen molar-refractivity contribution < 1.29 is 23.5 Å². The SMILES string of the molecule is C=C(C)C(=O)OC1c2c(C)coc2C(=O)C23OC2C=CC(C)C13C. The highest BCUT2D eigenvalue weighted by atomic mass is 16.6. The number of aryl methyl sites for hydroxylation is 1. The summed E-state index contributed by atoms with van der Waals surface area (Å²) in [6.07, 6.45) is 4.57. The molecule has 0 saturated carbocycles. The summed E-state index contributed by atoms with van der Waals surface area (Å²) in [6, 6.07) is 0. The third kappa shape index (κ3) is 1.53. The lowest BCUT2D eigenvalue weighted by molar-refractivity contribution is -0.158. The van der Waals surface area contributed by atoms with Crippen molar-refractivity contribution in [2.24, 2.45) is 11.3 Å². The van der Waals surface area contributed by atoms with Gasteiger partial charge < -0.3 is 13.9 Å². The first-order valence-corrected chi connectivity index (χ1v) is 8.10. The lowest BCUT2D eigenvalue weighted by Crippen LogP contribution is -2.56. The molecule has 0 radical (unpaired) electrons. The number of carbonyl (C=O) groups excluding carboxylic acids is 2. The van der Waals surface area contributed by atoms with E-state index < -0.39 is 23.1 Å². The van der Waals surface area contributed by atoms with Gasteiger partial charge >= 0.3 is 5.97 Å².